The number of hydrogen-bond acceptors (Lipinski definition) is 5. The molecule has 0 aliphatic carbocycles. The number of aromatic nitrogens is 3. The molecule has 0 fully saturated rings. The Balaban J connectivity index is 1.82. The van der Waals surface area contributed by atoms with Crippen LogP contribution < -0.4 is 14.8 Å². The van der Waals surface area contributed by atoms with Crippen LogP contribution in [0, 0.1) is 9.39 Å². The van der Waals surface area contributed by atoms with E-state index in [2.05, 4.69) is 38.0 Å². The fourth-order valence-corrected chi connectivity index (χ4v) is 2.86. The Labute approximate surface area is 158 Å². The van der Waals surface area contributed by atoms with Crippen molar-refractivity contribution in [1.29, 1.82) is 0 Å². The number of rotatable bonds is 7. The minimum absolute atomic E-state index is 0.333. The van der Waals surface area contributed by atoms with Gasteiger partial charge in [0.05, 0.1) is 9.77 Å². The fourth-order valence-electron chi connectivity index (χ4n) is 2.37. The summed E-state index contributed by atoms with van der Waals surface area (Å²) in [4.78, 5) is 4.45. The first-order valence-electron chi connectivity index (χ1n) is 7.82. The van der Waals surface area contributed by atoms with Crippen molar-refractivity contribution in [2.75, 3.05) is 20.2 Å². The van der Waals surface area contributed by atoms with E-state index in [1.165, 1.54) is 12.1 Å². The summed E-state index contributed by atoms with van der Waals surface area (Å²) in [5.74, 6) is 0.716. The topological polar surface area (TPSA) is 60.7 Å². The van der Waals surface area contributed by atoms with Crippen LogP contribution >= 0.6 is 22.6 Å². The van der Waals surface area contributed by atoms with Crippen molar-refractivity contribution in [1.82, 2.24) is 19.9 Å². The summed E-state index contributed by atoms with van der Waals surface area (Å²) >= 11 is 2.17. The van der Waals surface area contributed by atoms with Crippen LogP contribution in [0.25, 0.3) is 5.65 Å². The molecule has 25 heavy (non-hydrogen) atoms. The number of nitrogens with zero attached hydrogens (tertiary/aromatic N) is 3. The van der Waals surface area contributed by atoms with E-state index in [1.807, 2.05) is 14.0 Å². The second-order valence-corrected chi connectivity index (χ2v) is 6.58. The van der Waals surface area contributed by atoms with Gasteiger partial charge in [-0.15, -0.1) is 0 Å². The predicted molar refractivity (Wildman–Crippen MR) is 101 cm³/mol. The third-order valence-corrected chi connectivity index (χ3v) is 4.38. The molecular weight excluding hydrogens is 438 g/mol. The maximum absolute atomic E-state index is 13.7. The SMILES string of the molecule is CNCCOc1ccc(F)cc1[C@@H](C)Oc1ccn2ncc(I)c2n1. The van der Waals surface area contributed by atoms with Gasteiger partial charge in [-0.1, -0.05) is 0 Å². The van der Waals surface area contributed by atoms with Crippen molar-refractivity contribution in [3.63, 3.8) is 0 Å². The first-order chi connectivity index (χ1) is 12.1. The highest BCUT2D eigenvalue weighted by Crippen LogP contribution is 2.29. The lowest BCUT2D eigenvalue weighted by Gasteiger charge is -2.18. The second kappa shape index (κ2) is 7.96. The van der Waals surface area contributed by atoms with Gasteiger partial charge in [-0.05, 0) is 54.8 Å². The van der Waals surface area contributed by atoms with Gasteiger partial charge >= 0.3 is 0 Å². The molecule has 0 unspecified atom stereocenters. The van der Waals surface area contributed by atoms with Gasteiger partial charge in [-0.3, -0.25) is 0 Å². The molecule has 0 aliphatic heterocycles. The van der Waals surface area contributed by atoms with E-state index >= 15 is 0 Å². The van der Waals surface area contributed by atoms with Crippen LogP contribution in [0.2, 0.25) is 0 Å². The Morgan fingerprint density at radius 2 is 2.20 bits per heavy atom. The van der Waals surface area contributed by atoms with Crippen LogP contribution in [-0.2, 0) is 0 Å². The minimum atomic E-state index is -0.421. The van der Waals surface area contributed by atoms with Gasteiger partial charge in [-0.2, -0.15) is 10.1 Å². The molecule has 0 amide bonds. The zero-order valence-electron chi connectivity index (χ0n) is 13.9. The minimum Gasteiger partial charge on any atom is -0.492 e. The van der Waals surface area contributed by atoms with Crippen LogP contribution in [0.3, 0.4) is 0 Å². The molecule has 0 radical (unpaired) electrons. The molecule has 1 N–H and O–H groups in total. The monoisotopic (exact) mass is 456 g/mol. The van der Waals surface area contributed by atoms with Gasteiger partial charge in [-0.25, -0.2) is 8.91 Å². The van der Waals surface area contributed by atoms with Crippen LogP contribution in [0.4, 0.5) is 4.39 Å². The van der Waals surface area contributed by atoms with E-state index in [0.717, 1.165) is 9.22 Å². The Morgan fingerprint density at radius 3 is 3.00 bits per heavy atom. The fraction of sp³-hybridized carbons (Fsp3) is 0.294. The largest absolute Gasteiger partial charge is 0.492 e. The van der Waals surface area contributed by atoms with Crippen molar-refractivity contribution in [2.45, 2.75) is 13.0 Å². The Bertz CT molecular complexity index is 871. The molecule has 0 aliphatic rings. The lowest BCUT2D eigenvalue weighted by atomic mass is 10.1. The van der Waals surface area contributed by atoms with Crippen molar-refractivity contribution >= 4 is 28.2 Å². The van der Waals surface area contributed by atoms with Gasteiger partial charge < -0.3 is 14.8 Å². The third kappa shape index (κ3) is 4.18. The van der Waals surface area contributed by atoms with Crippen molar-refractivity contribution in [3.8, 4) is 11.6 Å². The van der Waals surface area contributed by atoms with Gasteiger partial charge in [0.2, 0.25) is 5.88 Å². The summed E-state index contributed by atoms with van der Waals surface area (Å²) < 4.78 is 27.9. The zero-order chi connectivity index (χ0) is 17.8. The number of fused-ring (bicyclic) bond motifs is 1. The van der Waals surface area contributed by atoms with E-state index in [9.17, 15) is 4.39 Å². The summed E-state index contributed by atoms with van der Waals surface area (Å²) in [6, 6.07) is 6.16. The maximum Gasteiger partial charge on any atom is 0.217 e. The summed E-state index contributed by atoms with van der Waals surface area (Å²) in [7, 11) is 1.85. The number of likely N-dealkylation sites (N-methyl/N-ethyl adjacent to an activating group) is 1. The summed E-state index contributed by atoms with van der Waals surface area (Å²) in [6.07, 6.45) is 3.09. The molecule has 1 atom stereocenters. The molecule has 132 valence electrons. The molecule has 3 aromatic rings. The van der Waals surface area contributed by atoms with E-state index in [1.54, 1.807) is 29.0 Å². The van der Waals surface area contributed by atoms with Crippen molar-refractivity contribution in [2.24, 2.45) is 0 Å². The standard InChI is InChI=1S/C17H18FIN4O2/c1-11(13-9-12(18)3-4-15(13)24-8-6-20-2)25-16-5-7-23-17(22-16)14(19)10-21-23/h3-5,7,9-11,20H,6,8H2,1-2H3/t11-/m1/s1. The molecule has 0 saturated heterocycles. The molecule has 8 heteroatoms. The number of nitrogens with one attached hydrogen (secondary N) is 1. The smallest absolute Gasteiger partial charge is 0.217 e. The van der Waals surface area contributed by atoms with Crippen molar-refractivity contribution < 1.29 is 13.9 Å². The maximum atomic E-state index is 13.7. The molecule has 6 nitrogen and oxygen atoms in total. The van der Waals surface area contributed by atoms with Crippen LogP contribution in [0.5, 0.6) is 11.6 Å². The Kier molecular flexibility index (Phi) is 5.69. The first-order valence-corrected chi connectivity index (χ1v) is 8.89. The molecule has 2 heterocycles. The second-order valence-electron chi connectivity index (χ2n) is 5.42. The van der Waals surface area contributed by atoms with E-state index in [4.69, 9.17) is 9.47 Å². The Hall–Kier alpha value is -1.94. The van der Waals surface area contributed by atoms with E-state index < -0.39 is 6.10 Å². The lowest BCUT2D eigenvalue weighted by Crippen LogP contribution is -2.17. The van der Waals surface area contributed by atoms with Crippen molar-refractivity contribution in [3.05, 3.63) is 51.6 Å². The first kappa shape index (κ1) is 17.9. The van der Waals surface area contributed by atoms with E-state index in [0.29, 0.717) is 30.3 Å². The zero-order valence-corrected chi connectivity index (χ0v) is 16.0. The van der Waals surface area contributed by atoms with Gasteiger partial charge in [0, 0.05) is 24.4 Å². The summed E-state index contributed by atoms with van der Waals surface area (Å²) in [6.45, 7) is 3.02. The van der Waals surface area contributed by atoms with E-state index in [-0.39, 0.29) is 5.82 Å². The predicted octanol–water partition coefficient (Wildman–Crippen LogP) is 3.21. The summed E-state index contributed by atoms with van der Waals surface area (Å²) in [5, 5.41) is 7.19. The number of ether oxygens (including phenoxy) is 2. The lowest BCUT2D eigenvalue weighted by molar-refractivity contribution is 0.208. The van der Waals surface area contributed by atoms with Crippen LogP contribution in [0.15, 0.2) is 36.7 Å². The van der Waals surface area contributed by atoms with Crippen LogP contribution in [0.1, 0.15) is 18.6 Å². The van der Waals surface area contributed by atoms with Gasteiger partial charge in [0.15, 0.2) is 5.65 Å². The average molecular weight is 456 g/mol. The highest BCUT2D eigenvalue weighted by molar-refractivity contribution is 14.1. The molecule has 2 aromatic heterocycles. The highest BCUT2D eigenvalue weighted by atomic mass is 127. The molecule has 0 spiro atoms. The third-order valence-electron chi connectivity index (χ3n) is 3.62. The average Bonchev–Trinajstić information content (AvgIpc) is 2.97. The number of hydrogen-bond donors (Lipinski definition) is 1. The van der Waals surface area contributed by atoms with Crippen LogP contribution in [-0.4, -0.2) is 34.8 Å². The van der Waals surface area contributed by atoms with Gasteiger partial charge in [0.1, 0.15) is 24.3 Å². The molecule has 1 aromatic carbocycles. The molecule has 0 bridgehead atoms. The van der Waals surface area contributed by atoms with Gasteiger partial charge in [0.25, 0.3) is 0 Å². The molecule has 3 rings (SSSR count). The Morgan fingerprint density at radius 1 is 1.36 bits per heavy atom. The highest BCUT2D eigenvalue weighted by Gasteiger charge is 2.16. The normalized spacial score (nSPS) is 12.3. The number of halogens is 2. The molecular formula is C17H18FIN4O2. The quantitative estimate of drug-likeness (QED) is 0.437. The number of benzene rings is 1. The molecule has 0 saturated carbocycles. The summed E-state index contributed by atoms with van der Waals surface area (Å²) in [5.41, 5.74) is 1.36.